The second kappa shape index (κ2) is 11.1. The molecule has 37 heavy (non-hydrogen) atoms. The van der Waals surface area contributed by atoms with E-state index in [-0.39, 0.29) is 17.6 Å². The minimum Gasteiger partial charge on any atom is -0.459 e. The van der Waals surface area contributed by atoms with Gasteiger partial charge in [-0.15, -0.1) is 0 Å². The lowest BCUT2D eigenvalue weighted by Gasteiger charge is -2.53. The second-order valence-electron chi connectivity index (χ2n) is 10.1. The third-order valence-electron chi connectivity index (χ3n) is 8.21. The number of rotatable bonds is 8. The van der Waals surface area contributed by atoms with Crippen LogP contribution < -0.4 is 0 Å². The lowest BCUT2D eigenvalue weighted by atomic mass is 9.62. The van der Waals surface area contributed by atoms with Gasteiger partial charge >= 0.3 is 12.1 Å². The summed E-state index contributed by atoms with van der Waals surface area (Å²) in [5.74, 6) is -3.10. The molecule has 3 rings (SSSR count). The molecule has 8 atom stereocenters. The maximum atomic E-state index is 14.5. The molecule has 0 amide bonds. The fourth-order valence-corrected chi connectivity index (χ4v) is 5.81. The van der Waals surface area contributed by atoms with Gasteiger partial charge in [0.2, 0.25) is 0 Å². The van der Waals surface area contributed by atoms with Crippen molar-refractivity contribution >= 4 is 5.97 Å². The third-order valence-corrected chi connectivity index (χ3v) is 8.21. The van der Waals surface area contributed by atoms with Gasteiger partial charge in [-0.2, -0.15) is 13.2 Å². The van der Waals surface area contributed by atoms with Crippen LogP contribution in [0.3, 0.4) is 0 Å². The molecule has 0 aromatic heterocycles. The average molecular weight is 523 g/mol. The molecule has 2 aromatic carbocycles. The van der Waals surface area contributed by atoms with Gasteiger partial charge in [0.25, 0.3) is 5.60 Å². The topological polar surface area (TPSA) is 65.0 Å². The van der Waals surface area contributed by atoms with Crippen molar-refractivity contribution in [3.8, 4) is 0 Å². The molecule has 5 nitrogen and oxygen atoms in total. The van der Waals surface area contributed by atoms with Gasteiger partial charge < -0.3 is 19.3 Å². The van der Waals surface area contributed by atoms with Crippen molar-refractivity contribution in [3.63, 3.8) is 0 Å². The number of esters is 1. The Morgan fingerprint density at radius 1 is 0.973 bits per heavy atom. The quantitative estimate of drug-likeness (QED) is 0.418. The highest BCUT2D eigenvalue weighted by molar-refractivity contribution is 5.83. The maximum absolute atomic E-state index is 14.5. The molecule has 0 radical (unpaired) electrons. The number of benzene rings is 2. The van der Waals surface area contributed by atoms with Gasteiger partial charge in [0.15, 0.2) is 0 Å². The zero-order valence-electron chi connectivity index (χ0n) is 22.2. The summed E-state index contributed by atoms with van der Waals surface area (Å²) in [6.45, 7) is 9.05. The molecule has 1 N–H and O–H groups in total. The fourth-order valence-electron chi connectivity index (χ4n) is 5.81. The molecule has 204 valence electrons. The monoisotopic (exact) mass is 522 g/mol. The molecule has 1 aliphatic carbocycles. The third kappa shape index (κ3) is 5.16. The van der Waals surface area contributed by atoms with E-state index in [1.54, 1.807) is 26.8 Å². The normalized spacial score (nSPS) is 30.8. The molecular weight excluding hydrogens is 485 g/mol. The molecule has 8 heteroatoms. The van der Waals surface area contributed by atoms with Crippen LogP contribution in [0.4, 0.5) is 13.2 Å². The van der Waals surface area contributed by atoms with Crippen molar-refractivity contribution in [2.75, 3.05) is 7.11 Å². The molecule has 1 saturated carbocycles. The summed E-state index contributed by atoms with van der Waals surface area (Å²) >= 11 is 0. The maximum Gasteiger partial charge on any atom is 0.432 e. The van der Waals surface area contributed by atoms with Gasteiger partial charge in [0.05, 0.1) is 17.8 Å². The summed E-state index contributed by atoms with van der Waals surface area (Å²) < 4.78 is 60.5. The Bertz CT molecular complexity index is 1030. The molecule has 2 aromatic rings. The number of alkyl halides is 3. The largest absolute Gasteiger partial charge is 0.459 e. The number of carbonyl (C=O) groups is 1. The molecule has 0 saturated heterocycles. The van der Waals surface area contributed by atoms with E-state index in [1.807, 2.05) is 44.2 Å². The molecule has 0 bridgehead atoms. The first-order valence-electron chi connectivity index (χ1n) is 12.7. The van der Waals surface area contributed by atoms with Crippen molar-refractivity contribution < 1.29 is 37.3 Å². The molecule has 0 unspecified atom stereocenters. The van der Waals surface area contributed by atoms with Gasteiger partial charge in [-0.05, 0) is 18.9 Å². The van der Waals surface area contributed by atoms with Gasteiger partial charge in [-0.1, -0.05) is 88.4 Å². The van der Waals surface area contributed by atoms with E-state index < -0.39 is 47.4 Å². The first-order chi connectivity index (χ1) is 17.3. The number of carbonyl (C=O) groups excluding carboxylic acids is 1. The van der Waals surface area contributed by atoms with E-state index in [1.165, 1.54) is 24.3 Å². The predicted octanol–water partition coefficient (Wildman–Crippen LogP) is 6.21. The average Bonchev–Trinajstić information content (AvgIpc) is 2.89. The molecule has 1 fully saturated rings. The van der Waals surface area contributed by atoms with Crippen molar-refractivity contribution in [1.29, 1.82) is 0 Å². The summed E-state index contributed by atoms with van der Waals surface area (Å²) in [5.41, 5.74) is -4.10. The highest BCUT2D eigenvalue weighted by atomic mass is 19.4. The summed E-state index contributed by atoms with van der Waals surface area (Å²) in [7, 11) is 0.841. The number of hydrogen-bond acceptors (Lipinski definition) is 5. The minimum atomic E-state index is -5.09. The van der Waals surface area contributed by atoms with Crippen LogP contribution in [-0.2, 0) is 24.6 Å². The van der Waals surface area contributed by atoms with Crippen LogP contribution in [0.15, 0.2) is 60.7 Å². The zero-order chi connectivity index (χ0) is 27.6. The Hall–Kier alpha value is -2.42. The minimum absolute atomic E-state index is 0.309. The predicted molar refractivity (Wildman–Crippen MR) is 134 cm³/mol. The van der Waals surface area contributed by atoms with Crippen LogP contribution in [0.5, 0.6) is 0 Å². The number of aliphatic hydroxyl groups is 1. The van der Waals surface area contributed by atoms with Gasteiger partial charge in [0, 0.05) is 30.4 Å². The first-order valence-corrected chi connectivity index (χ1v) is 12.7. The van der Waals surface area contributed by atoms with Crippen LogP contribution in [0.1, 0.15) is 58.3 Å². The molecular formula is C29H37F3O5. The van der Waals surface area contributed by atoms with Crippen LogP contribution in [0.2, 0.25) is 0 Å². The standard InChI is InChI=1S/C29H37F3O5/c1-7-27(34)19(3)24(36-21(5)22-14-10-8-11-15-22)18(2)25(20(27)4)37-26(33)28(35-6,29(30,31)32)23-16-12-9-13-17-23/h8-21,24-25,34H,7H2,1-6H3/t18-,19+,20+,21-,24+,25+,27-,28-/m0/s1. The Balaban J connectivity index is 1.99. The van der Waals surface area contributed by atoms with Gasteiger partial charge in [-0.25, -0.2) is 4.79 Å². The Morgan fingerprint density at radius 2 is 1.49 bits per heavy atom. The highest BCUT2D eigenvalue weighted by Gasteiger charge is 2.65. The van der Waals surface area contributed by atoms with Crippen molar-refractivity contribution in [1.82, 2.24) is 0 Å². The Kier molecular flexibility index (Phi) is 8.77. The second-order valence-corrected chi connectivity index (χ2v) is 10.1. The Morgan fingerprint density at radius 3 is 1.97 bits per heavy atom. The van der Waals surface area contributed by atoms with Crippen molar-refractivity contribution in [2.45, 2.75) is 76.7 Å². The zero-order valence-corrected chi connectivity index (χ0v) is 22.2. The highest BCUT2D eigenvalue weighted by Crippen LogP contribution is 2.49. The van der Waals surface area contributed by atoms with E-state index >= 15 is 0 Å². The fraction of sp³-hybridized carbons (Fsp3) is 0.552. The molecule has 1 aliphatic rings. The Labute approximate surface area is 216 Å². The van der Waals surface area contributed by atoms with Crippen LogP contribution in [0, 0.1) is 17.8 Å². The number of methoxy groups -OCH3 is 1. The van der Waals surface area contributed by atoms with Crippen LogP contribution in [-0.4, -0.2) is 42.2 Å². The lowest BCUT2D eigenvalue weighted by Crippen LogP contribution is -2.63. The van der Waals surface area contributed by atoms with Crippen LogP contribution >= 0.6 is 0 Å². The summed E-state index contributed by atoms with van der Waals surface area (Å²) in [6.07, 6.45) is -6.77. The van der Waals surface area contributed by atoms with E-state index in [4.69, 9.17) is 14.2 Å². The summed E-state index contributed by atoms with van der Waals surface area (Å²) in [6, 6.07) is 16.2. The number of hydrogen-bond donors (Lipinski definition) is 1. The lowest BCUT2D eigenvalue weighted by molar-refractivity contribution is -0.286. The van der Waals surface area contributed by atoms with E-state index in [9.17, 15) is 23.1 Å². The first kappa shape index (κ1) is 29.1. The van der Waals surface area contributed by atoms with Crippen molar-refractivity contribution in [2.24, 2.45) is 17.8 Å². The summed E-state index contributed by atoms with van der Waals surface area (Å²) in [4.78, 5) is 13.4. The smallest absolute Gasteiger partial charge is 0.432 e. The van der Waals surface area contributed by atoms with E-state index in [0.29, 0.717) is 6.42 Å². The van der Waals surface area contributed by atoms with Crippen molar-refractivity contribution in [3.05, 3.63) is 71.8 Å². The molecule has 0 heterocycles. The van der Waals surface area contributed by atoms with Crippen LogP contribution in [0.25, 0.3) is 0 Å². The summed E-state index contributed by atoms with van der Waals surface area (Å²) in [5, 5.41) is 11.7. The van der Waals surface area contributed by atoms with Gasteiger partial charge in [0.1, 0.15) is 6.10 Å². The number of ether oxygens (including phenoxy) is 3. The molecule has 0 spiro atoms. The number of halogens is 3. The SMILES string of the molecule is CC[C@@]1(O)[C@H](C)[C@H](OC(=O)[C@@](OC)(c2ccccc2)C(F)(F)F)[C@@H](C)[C@@H](O[C@@H](C)c2ccccc2)[C@H]1C. The van der Waals surface area contributed by atoms with Gasteiger partial charge in [-0.3, -0.25) is 0 Å². The van der Waals surface area contributed by atoms with E-state index in [0.717, 1.165) is 12.7 Å². The van der Waals surface area contributed by atoms with E-state index in [2.05, 4.69) is 0 Å². The molecule has 0 aliphatic heterocycles.